The molecule has 0 radical (unpaired) electrons. The number of nitrogens with zero attached hydrogens (tertiary/aromatic N) is 4. The Morgan fingerprint density at radius 1 is 1.15 bits per heavy atom. The topological polar surface area (TPSA) is 102 Å². The van der Waals surface area contributed by atoms with Gasteiger partial charge >= 0.3 is 0 Å². The molecule has 0 bridgehead atoms. The molecular weight excluding hydrogens is 334 g/mol. The lowest BCUT2D eigenvalue weighted by atomic mass is 10.1. The molecule has 128 valence electrons. The lowest BCUT2D eigenvalue weighted by Crippen LogP contribution is -2.17. The molecule has 3 aromatic rings. The minimum Gasteiger partial charge on any atom is -0.290 e. The van der Waals surface area contributed by atoms with Gasteiger partial charge in [-0.25, -0.2) is 4.98 Å². The number of fused-ring (bicyclic) bond motifs is 3. The number of non-ortho nitro benzene ring substituents is 1. The number of imidazole rings is 1. The van der Waals surface area contributed by atoms with Gasteiger partial charge in [-0.05, 0) is 42.8 Å². The summed E-state index contributed by atoms with van der Waals surface area (Å²) in [5.74, 6) is 0.0151. The van der Waals surface area contributed by atoms with Crippen LogP contribution in [0.1, 0.15) is 12.5 Å². The molecule has 0 saturated heterocycles. The van der Waals surface area contributed by atoms with Gasteiger partial charge in [-0.1, -0.05) is 12.1 Å². The van der Waals surface area contributed by atoms with E-state index in [4.69, 9.17) is 0 Å². The van der Waals surface area contributed by atoms with Crippen molar-refractivity contribution < 1.29 is 9.72 Å². The molecule has 1 aliphatic rings. The van der Waals surface area contributed by atoms with Crippen LogP contribution >= 0.6 is 0 Å². The summed E-state index contributed by atoms with van der Waals surface area (Å²) in [6, 6.07) is 13.4. The number of nitro benzene ring substituents is 1. The number of aromatic nitrogens is 2. The third-order valence-electron chi connectivity index (χ3n) is 4.06. The Bertz CT molecular complexity index is 1110. The van der Waals surface area contributed by atoms with Crippen molar-refractivity contribution in [1.82, 2.24) is 9.66 Å². The predicted molar refractivity (Wildman–Crippen MR) is 97.9 cm³/mol. The highest BCUT2D eigenvalue weighted by atomic mass is 16.6. The number of anilines is 1. The van der Waals surface area contributed by atoms with E-state index in [2.05, 4.69) is 15.4 Å². The predicted octanol–water partition coefficient (Wildman–Crippen LogP) is 3.20. The summed E-state index contributed by atoms with van der Waals surface area (Å²) < 4.78 is 1.60. The van der Waals surface area contributed by atoms with Crippen molar-refractivity contribution >= 4 is 40.4 Å². The highest BCUT2D eigenvalue weighted by molar-refractivity contribution is 6.28. The Labute approximate surface area is 147 Å². The summed E-state index contributed by atoms with van der Waals surface area (Å²) >= 11 is 0. The van der Waals surface area contributed by atoms with E-state index < -0.39 is 4.92 Å². The van der Waals surface area contributed by atoms with Gasteiger partial charge in [-0.15, -0.1) is 0 Å². The number of hydrogen-bond donors (Lipinski definition) is 1. The van der Waals surface area contributed by atoms with Crippen LogP contribution in [0.15, 0.2) is 59.2 Å². The number of nitro groups is 1. The van der Waals surface area contributed by atoms with Crippen molar-refractivity contribution in [2.24, 2.45) is 5.10 Å². The van der Waals surface area contributed by atoms with Gasteiger partial charge in [0, 0.05) is 12.1 Å². The quantitative estimate of drug-likeness (QED) is 0.437. The number of carbonyl (C=O) groups is 1. The van der Waals surface area contributed by atoms with E-state index in [0.717, 1.165) is 11.0 Å². The van der Waals surface area contributed by atoms with Crippen molar-refractivity contribution in [3.05, 3.63) is 69.8 Å². The van der Waals surface area contributed by atoms with Gasteiger partial charge in [-0.2, -0.15) is 9.78 Å². The van der Waals surface area contributed by atoms with E-state index in [1.807, 2.05) is 24.3 Å². The van der Waals surface area contributed by atoms with Crippen LogP contribution in [0.4, 0.5) is 11.6 Å². The van der Waals surface area contributed by atoms with E-state index >= 15 is 0 Å². The molecule has 2 aromatic carbocycles. The largest absolute Gasteiger partial charge is 0.290 e. The van der Waals surface area contributed by atoms with Gasteiger partial charge in [0.25, 0.3) is 11.6 Å². The smallest absolute Gasteiger partial charge is 0.269 e. The van der Waals surface area contributed by atoms with Crippen molar-refractivity contribution in [3.8, 4) is 0 Å². The monoisotopic (exact) mass is 347 g/mol. The Balaban J connectivity index is 1.78. The number of carbonyl (C=O) groups excluding carboxylic acids is 1. The maximum Gasteiger partial charge on any atom is 0.269 e. The van der Waals surface area contributed by atoms with Crippen LogP contribution in [-0.4, -0.2) is 26.2 Å². The van der Waals surface area contributed by atoms with Crippen LogP contribution in [0.3, 0.4) is 0 Å². The van der Waals surface area contributed by atoms with E-state index in [-0.39, 0.29) is 11.6 Å². The molecular formula is C18H13N5O3. The SMILES string of the molecule is CC1=Nn2c(nc3ccccc32)NC(=O)/C1=C\c1ccc([N+](=O)[O-])cc1. The number of nitrogens with one attached hydrogen (secondary N) is 1. The molecule has 0 spiro atoms. The number of hydrogen-bond acceptors (Lipinski definition) is 5. The zero-order chi connectivity index (χ0) is 18.3. The average Bonchev–Trinajstić information content (AvgIpc) is 2.91. The first-order valence-electron chi connectivity index (χ1n) is 7.84. The van der Waals surface area contributed by atoms with Gasteiger partial charge in [0.1, 0.15) is 0 Å². The summed E-state index contributed by atoms with van der Waals surface area (Å²) in [5.41, 5.74) is 3.08. The van der Waals surface area contributed by atoms with Gasteiger partial charge in [-0.3, -0.25) is 20.2 Å². The third-order valence-corrected chi connectivity index (χ3v) is 4.06. The van der Waals surface area contributed by atoms with E-state index in [1.165, 1.54) is 12.1 Å². The number of benzene rings is 2. The molecule has 1 N–H and O–H groups in total. The highest BCUT2D eigenvalue weighted by Crippen LogP contribution is 2.24. The van der Waals surface area contributed by atoms with Gasteiger partial charge in [0.2, 0.25) is 5.95 Å². The Morgan fingerprint density at radius 2 is 1.88 bits per heavy atom. The minimum absolute atomic E-state index is 0.00513. The zero-order valence-corrected chi connectivity index (χ0v) is 13.7. The number of rotatable bonds is 2. The Morgan fingerprint density at radius 3 is 2.62 bits per heavy atom. The molecule has 0 fully saturated rings. The maximum atomic E-state index is 12.6. The van der Waals surface area contributed by atoms with Crippen molar-refractivity contribution in [2.45, 2.75) is 6.92 Å². The van der Waals surface area contributed by atoms with E-state index in [1.54, 1.807) is 29.8 Å². The Kier molecular flexibility index (Phi) is 3.58. The van der Waals surface area contributed by atoms with E-state index in [9.17, 15) is 14.9 Å². The molecule has 8 nitrogen and oxygen atoms in total. The van der Waals surface area contributed by atoms with Crippen molar-refractivity contribution in [3.63, 3.8) is 0 Å². The second kappa shape index (κ2) is 5.92. The lowest BCUT2D eigenvalue weighted by Gasteiger charge is -2.03. The molecule has 26 heavy (non-hydrogen) atoms. The molecule has 0 aliphatic carbocycles. The summed E-state index contributed by atoms with van der Waals surface area (Å²) in [4.78, 5) is 27.3. The van der Waals surface area contributed by atoms with Crippen LogP contribution in [0, 0.1) is 10.1 Å². The molecule has 1 amide bonds. The molecule has 0 saturated carbocycles. The number of para-hydroxylation sites is 2. The fraction of sp³-hybridized carbons (Fsp3) is 0.0556. The molecule has 4 rings (SSSR count). The fourth-order valence-corrected chi connectivity index (χ4v) is 2.76. The number of amides is 1. The first-order chi connectivity index (χ1) is 12.5. The molecule has 8 heteroatoms. The minimum atomic E-state index is -0.466. The van der Waals surface area contributed by atoms with Crippen LogP contribution in [-0.2, 0) is 4.79 Å². The average molecular weight is 347 g/mol. The fourth-order valence-electron chi connectivity index (χ4n) is 2.76. The normalized spacial score (nSPS) is 15.3. The van der Waals surface area contributed by atoms with Crippen LogP contribution in [0.25, 0.3) is 17.1 Å². The zero-order valence-electron chi connectivity index (χ0n) is 13.7. The van der Waals surface area contributed by atoms with Crippen LogP contribution in [0.2, 0.25) is 0 Å². The Hall–Kier alpha value is -3.81. The molecule has 2 heterocycles. The molecule has 1 aliphatic heterocycles. The van der Waals surface area contributed by atoms with Crippen molar-refractivity contribution in [2.75, 3.05) is 5.32 Å². The highest BCUT2D eigenvalue weighted by Gasteiger charge is 2.22. The van der Waals surface area contributed by atoms with Gasteiger partial charge in [0.05, 0.1) is 27.2 Å². The molecule has 0 atom stereocenters. The van der Waals surface area contributed by atoms with Crippen LogP contribution < -0.4 is 5.32 Å². The molecule has 1 aromatic heterocycles. The second-order valence-electron chi connectivity index (χ2n) is 5.78. The molecule has 0 unspecified atom stereocenters. The summed E-state index contributed by atoms with van der Waals surface area (Å²) in [5, 5.41) is 18.0. The van der Waals surface area contributed by atoms with Crippen molar-refractivity contribution in [1.29, 1.82) is 0 Å². The first-order valence-corrected chi connectivity index (χ1v) is 7.84. The summed E-state index contributed by atoms with van der Waals surface area (Å²) in [6.07, 6.45) is 1.65. The second-order valence-corrected chi connectivity index (χ2v) is 5.78. The van der Waals surface area contributed by atoms with E-state index in [0.29, 0.717) is 22.8 Å². The van der Waals surface area contributed by atoms with Crippen LogP contribution in [0.5, 0.6) is 0 Å². The standard InChI is InChI=1S/C18H13N5O3/c1-11-14(10-12-6-8-13(9-7-12)23(25)26)17(24)20-18-19-15-4-2-3-5-16(15)22(18)21-11/h2-10H,1H3,(H,19,20,24)/b14-10-. The third kappa shape index (κ3) is 2.63. The summed E-state index contributed by atoms with van der Waals surface area (Å²) in [7, 11) is 0. The maximum absolute atomic E-state index is 12.6. The lowest BCUT2D eigenvalue weighted by molar-refractivity contribution is -0.384. The van der Waals surface area contributed by atoms with Gasteiger partial charge < -0.3 is 0 Å². The first kappa shape index (κ1) is 15.7. The van der Waals surface area contributed by atoms with Gasteiger partial charge in [0.15, 0.2) is 0 Å². The summed E-state index contributed by atoms with van der Waals surface area (Å²) in [6.45, 7) is 1.74.